The fraction of sp³-hybridized carbons (Fsp3) is 0.250. The Bertz CT molecular complexity index is 1020. The van der Waals surface area contributed by atoms with Crippen LogP contribution in [0.4, 0.5) is 0 Å². The van der Waals surface area contributed by atoms with Crippen molar-refractivity contribution in [2.75, 3.05) is 14.2 Å². The molecule has 6 heteroatoms. The van der Waals surface area contributed by atoms with Gasteiger partial charge in [0.1, 0.15) is 5.75 Å². The molecule has 0 aliphatic carbocycles. The number of nitrogens with zero attached hydrogens (tertiary/aromatic N) is 2. The molecule has 2 heterocycles. The van der Waals surface area contributed by atoms with Gasteiger partial charge in [-0.2, -0.15) is 0 Å². The van der Waals surface area contributed by atoms with Crippen molar-refractivity contribution in [1.82, 2.24) is 9.55 Å². The van der Waals surface area contributed by atoms with E-state index in [1.165, 1.54) is 7.11 Å². The number of carbonyl (C=O) groups is 1. The van der Waals surface area contributed by atoms with Crippen LogP contribution in [0.1, 0.15) is 34.6 Å². The van der Waals surface area contributed by atoms with Crippen LogP contribution in [0.2, 0.25) is 0 Å². The van der Waals surface area contributed by atoms with Gasteiger partial charge in [0, 0.05) is 6.20 Å². The smallest absolute Gasteiger partial charge is 0.339 e. The maximum absolute atomic E-state index is 13.0. The van der Waals surface area contributed by atoms with Crippen molar-refractivity contribution < 1.29 is 14.3 Å². The second kappa shape index (κ2) is 7.00. The van der Waals surface area contributed by atoms with Crippen LogP contribution in [0.3, 0.4) is 0 Å². The van der Waals surface area contributed by atoms with E-state index in [1.807, 2.05) is 31.2 Å². The first-order valence-electron chi connectivity index (χ1n) is 8.21. The molecule has 0 radical (unpaired) electrons. The van der Waals surface area contributed by atoms with Crippen LogP contribution < -0.4 is 10.3 Å². The summed E-state index contributed by atoms with van der Waals surface area (Å²) < 4.78 is 11.6. The van der Waals surface area contributed by atoms with Crippen LogP contribution in [0.15, 0.2) is 47.4 Å². The SMILES string of the molecule is COC(=O)c1cc2c(=O)n(C(C)c3ccc(OC)cc3)ccc2nc1C. The number of carbonyl (C=O) groups excluding carboxylic acids is 1. The third-order valence-corrected chi connectivity index (χ3v) is 4.52. The summed E-state index contributed by atoms with van der Waals surface area (Å²) in [5.41, 5.74) is 2.15. The molecular weight excluding hydrogens is 332 g/mol. The lowest BCUT2D eigenvalue weighted by molar-refractivity contribution is 0.0599. The van der Waals surface area contributed by atoms with Crippen molar-refractivity contribution in [1.29, 1.82) is 0 Å². The van der Waals surface area contributed by atoms with E-state index < -0.39 is 5.97 Å². The first kappa shape index (κ1) is 17.7. The van der Waals surface area contributed by atoms with E-state index in [2.05, 4.69) is 4.98 Å². The largest absolute Gasteiger partial charge is 0.497 e. The van der Waals surface area contributed by atoms with Gasteiger partial charge in [-0.1, -0.05) is 12.1 Å². The number of pyridine rings is 2. The van der Waals surface area contributed by atoms with Crippen molar-refractivity contribution in [3.8, 4) is 5.75 Å². The third kappa shape index (κ3) is 3.06. The number of benzene rings is 1. The van der Waals surface area contributed by atoms with E-state index in [4.69, 9.17) is 9.47 Å². The van der Waals surface area contributed by atoms with E-state index >= 15 is 0 Å². The van der Waals surface area contributed by atoms with Crippen LogP contribution in [-0.4, -0.2) is 29.7 Å². The van der Waals surface area contributed by atoms with Crippen molar-refractivity contribution >= 4 is 16.9 Å². The topological polar surface area (TPSA) is 70.4 Å². The number of aromatic nitrogens is 2. The monoisotopic (exact) mass is 352 g/mol. The number of rotatable bonds is 4. The van der Waals surface area contributed by atoms with Crippen LogP contribution in [0.5, 0.6) is 5.75 Å². The predicted octanol–water partition coefficient (Wildman–Crippen LogP) is 3.11. The predicted molar refractivity (Wildman–Crippen MR) is 98.9 cm³/mol. The molecule has 0 aliphatic rings. The highest BCUT2D eigenvalue weighted by molar-refractivity contribution is 5.94. The van der Waals surface area contributed by atoms with E-state index in [9.17, 15) is 9.59 Å². The molecule has 0 saturated heterocycles. The van der Waals surface area contributed by atoms with Gasteiger partial charge in [0.05, 0.1) is 42.4 Å². The van der Waals surface area contributed by atoms with Crippen molar-refractivity contribution in [3.63, 3.8) is 0 Å². The van der Waals surface area contributed by atoms with E-state index in [0.717, 1.165) is 11.3 Å². The molecule has 6 nitrogen and oxygen atoms in total. The molecule has 0 bridgehead atoms. The lowest BCUT2D eigenvalue weighted by Gasteiger charge is -2.17. The number of ether oxygens (including phenoxy) is 2. The zero-order chi connectivity index (χ0) is 18.8. The van der Waals surface area contributed by atoms with E-state index in [0.29, 0.717) is 22.2 Å². The molecular formula is C20H20N2O4. The van der Waals surface area contributed by atoms with Gasteiger partial charge in [0.15, 0.2) is 0 Å². The first-order valence-corrected chi connectivity index (χ1v) is 8.21. The molecule has 0 aliphatic heterocycles. The zero-order valence-electron chi connectivity index (χ0n) is 15.1. The maximum Gasteiger partial charge on any atom is 0.339 e. The average Bonchev–Trinajstić information content (AvgIpc) is 2.67. The zero-order valence-corrected chi connectivity index (χ0v) is 15.1. The summed E-state index contributed by atoms with van der Waals surface area (Å²) >= 11 is 0. The summed E-state index contributed by atoms with van der Waals surface area (Å²) in [5, 5.41) is 0.388. The Balaban J connectivity index is 2.11. The standard InChI is InChI=1S/C20H20N2O4/c1-12-16(20(24)26-4)11-17-18(21-12)9-10-22(19(17)23)13(2)14-5-7-15(25-3)8-6-14/h5-11,13H,1-4H3. The minimum atomic E-state index is -0.505. The molecule has 3 rings (SSSR count). The Morgan fingerprint density at radius 3 is 2.46 bits per heavy atom. The number of hydrogen-bond donors (Lipinski definition) is 0. The van der Waals surface area contributed by atoms with E-state index in [-0.39, 0.29) is 11.6 Å². The molecule has 134 valence electrons. The Kier molecular flexibility index (Phi) is 4.75. The van der Waals surface area contributed by atoms with Crippen LogP contribution >= 0.6 is 0 Å². The molecule has 1 atom stereocenters. The van der Waals surface area contributed by atoms with Crippen LogP contribution in [0.25, 0.3) is 10.9 Å². The second-order valence-corrected chi connectivity index (χ2v) is 6.02. The highest BCUT2D eigenvalue weighted by Gasteiger charge is 2.16. The summed E-state index contributed by atoms with van der Waals surface area (Å²) in [4.78, 5) is 29.3. The average molecular weight is 352 g/mol. The molecule has 0 spiro atoms. The van der Waals surface area contributed by atoms with Gasteiger partial charge < -0.3 is 14.0 Å². The van der Waals surface area contributed by atoms with Gasteiger partial charge in [0.2, 0.25) is 0 Å². The number of aryl methyl sites for hydroxylation is 1. The lowest BCUT2D eigenvalue weighted by Crippen LogP contribution is -2.24. The van der Waals surface area contributed by atoms with Gasteiger partial charge >= 0.3 is 5.97 Å². The van der Waals surface area contributed by atoms with Crippen LogP contribution in [0, 0.1) is 6.92 Å². The maximum atomic E-state index is 13.0. The number of methoxy groups -OCH3 is 2. The summed E-state index contributed by atoms with van der Waals surface area (Å²) in [5.74, 6) is 0.254. The molecule has 26 heavy (non-hydrogen) atoms. The van der Waals surface area contributed by atoms with Gasteiger partial charge in [-0.15, -0.1) is 0 Å². The fourth-order valence-corrected chi connectivity index (χ4v) is 2.94. The Morgan fingerprint density at radius 1 is 1.15 bits per heavy atom. The van der Waals surface area contributed by atoms with Crippen molar-refractivity contribution in [2.45, 2.75) is 19.9 Å². The summed E-state index contributed by atoms with van der Waals surface area (Å²) in [6.07, 6.45) is 1.73. The second-order valence-electron chi connectivity index (χ2n) is 6.02. The Morgan fingerprint density at radius 2 is 1.85 bits per heavy atom. The normalized spacial score (nSPS) is 12.0. The lowest BCUT2D eigenvalue weighted by atomic mass is 10.1. The first-order chi connectivity index (χ1) is 12.5. The molecule has 2 aromatic heterocycles. The number of fused-ring (bicyclic) bond motifs is 1. The molecule has 1 aromatic carbocycles. The fourth-order valence-electron chi connectivity index (χ4n) is 2.94. The van der Waals surface area contributed by atoms with Crippen molar-refractivity contribution in [2.24, 2.45) is 0 Å². The van der Waals surface area contributed by atoms with Gasteiger partial charge in [-0.25, -0.2) is 4.79 Å². The quantitative estimate of drug-likeness (QED) is 0.675. The molecule has 0 saturated carbocycles. The van der Waals surface area contributed by atoms with Crippen molar-refractivity contribution in [3.05, 3.63) is 69.8 Å². The highest BCUT2D eigenvalue weighted by Crippen LogP contribution is 2.21. The summed E-state index contributed by atoms with van der Waals surface area (Å²) in [6.45, 7) is 3.66. The minimum absolute atomic E-state index is 0.180. The van der Waals surface area contributed by atoms with Gasteiger partial charge in [0.25, 0.3) is 5.56 Å². The summed E-state index contributed by atoms with van der Waals surface area (Å²) in [6, 6.07) is 10.7. The minimum Gasteiger partial charge on any atom is -0.497 e. The van der Waals surface area contributed by atoms with Gasteiger partial charge in [-0.3, -0.25) is 9.78 Å². The summed E-state index contributed by atoms with van der Waals surface area (Å²) in [7, 11) is 2.92. The Labute approximate surface area is 151 Å². The molecule has 0 fully saturated rings. The van der Waals surface area contributed by atoms with Gasteiger partial charge in [-0.05, 0) is 43.7 Å². The van der Waals surface area contributed by atoms with E-state index in [1.54, 1.807) is 36.9 Å². The Hall–Kier alpha value is -3.15. The third-order valence-electron chi connectivity index (χ3n) is 4.52. The van der Waals surface area contributed by atoms with Crippen LogP contribution in [-0.2, 0) is 4.74 Å². The number of hydrogen-bond acceptors (Lipinski definition) is 5. The highest BCUT2D eigenvalue weighted by atomic mass is 16.5. The molecule has 0 amide bonds. The molecule has 1 unspecified atom stereocenters. The molecule has 3 aromatic rings. The molecule has 0 N–H and O–H groups in total. The number of esters is 1.